The van der Waals surface area contributed by atoms with Gasteiger partial charge in [-0.1, -0.05) is 34.8 Å². The molecule has 86 valence electrons. The summed E-state index contributed by atoms with van der Waals surface area (Å²) >= 11 is 15.9. The van der Waals surface area contributed by atoms with E-state index in [-0.39, 0.29) is 10.2 Å². The highest BCUT2D eigenvalue weighted by atomic mass is 35.5. The molecule has 1 aromatic heterocycles. The summed E-state index contributed by atoms with van der Waals surface area (Å²) in [6, 6.07) is 1.51. The van der Waals surface area contributed by atoms with Gasteiger partial charge in [-0.2, -0.15) is 18.4 Å². The first-order valence-electron chi connectivity index (χ1n) is 3.46. The van der Waals surface area contributed by atoms with Crippen molar-refractivity contribution in [2.45, 2.75) is 10.4 Å². The average Bonchev–Trinajstić information content (AvgIpc) is 2.13. The van der Waals surface area contributed by atoms with Gasteiger partial charge in [-0.25, -0.2) is 4.98 Å². The van der Waals surface area contributed by atoms with Gasteiger partial charge in [-0.3, -0.25) is 0 Å². The number of hydrogen-bond acceptors (Lipinski definition) is 3. The fourth-order valence-corrected chi connectivity index (χ4v) is 2.16. The van der Waals surface area contributed by atoms with Crippen LogP contribution in [0.3, 0.4) is 0 Å². The van der Waals surface area contributed by atoms with Crippen LogP contribution in [0, 0.1) is 11.3 Å². The molecule has 16 heavy (non-hydrogen) atoms. The molecule has 0 amide bonds. The van der Waals surface area contributed by atoms with Crippen LogP contribution in [-0.4, -0.2) is 10.5 Å². The van der Waals surface area contributed by atoms with Crippen molar-refractivity contribution < 1.29 is 13.2 Å². The molecule has 9 heteroatoms. The van der Waals surface area contributed by atoms with Crippen LogP contribution in [0.4, 0.5) is 13.2 Å². The van der Waals surface area contributed by atoms with Crippen LogP contribution < -0.4 is 0 Å². The standard InChI is InChI=1S/C7Cl3F3N2S/c8-3-2(1-14)4(16-7(11,12)13)6(10)15-5(3)9. The zero-order valence-corrected chi connectivity index (χ0v) is 10.2. The van der Waals surface area contributed by atoms with Gasteiger partial charge in [0, 0.05) is 0 Å². The molecule has 0 bridgehead atoms. The normalized spacial score (nSPS) is 11.3. The average molecular weight is 308 g/mol. The molecule has 0 radical (unpaired) electrons. The Kier molecular flexibility index (Phi) is 4.18. The van der Waals surface area contributed by atoms with Crippen LogP contribution in [-0.2, 0) is 0 Å². The van der Waals surface area contributed by atoms with Crippen molar-refractivity contribution in [2.24, 2.45) is 0 Å². The van der Waals surface area contributed by atoms with Crippen molar-refractivity contribution in [1.82, 2.24) is 4.98 Å². The molecule has 2 nitrogen and oxygen atoms in total. The van der Waals surface area contributed by atoms with Gasteiger partial charge in [-0.15, -0.1) is 0 Å². The van der Waals surface area contributed by atoms with E-state index in [0.717, 1.165) is 0 Å². The lowest BCUT2D eigenvalue weighted by Crippen LogP contribution is -2.02. The van der Waals surface area contributed by atoms with E-state index >= 15 is 0 Å². The molecular weight excluding hydrogens is 308 g/mol. The molecule has 0 aliphatic rings. The molecule has 0 aliphatic heterocycles. The van der Waals surface area contributed by atoms with Crippen molar-refractivity contribution in [2.75, 3.05) is 0 Å². The van der Waals surface area contributed by atoms with E-state index in [1.54, 1.807) is 0 Å². The summed E-state index contributed by atoms with van der Waals surface area (Å²) in [7, 11) is 0. The molecule has 1 rings (SSSR count). The lowest BCUT2D eigenvalue weighted by Gasteiger charge is -2.10. The number of halogens is 6. The van der Waals surface area contributed by atoms with Crippen molar-refractivity contribution in [3.05, 3.63) is 20.9 Å². The largest absolute Gasteiger partial charge is 0.446 e. The highest BCUT2D eigenvalue weighted by Crippen LogP contribution is 2.44. The molecule has 0 saturated heterocycles. The molecule has 1 heterocycles. The minimum Gasteiger partial charge on any atom is -0.222 e. The maximum Gasteiger partial charge on any atom is 0.446 e. The Morgan fingerprint density at radius 3 is 2.19 bits per heavy atom. The molecule has 0 N–H and O–H groups in total. The van der Waals surface area contributed by atoms with E-state index in [4.69, 9.17) is 40.1 Å². The van der Waals surface area contributed by atoms with Gasteiger partial charge in [0.2, 0.25) is 0 Å². The zero-order valence-electron chi connectivity index (χ0n) is 7.07. The Bertz CT molecular complexity index is 469. The summed E-state index contributed by atoms with van der Waals surface area (Å²) < 4.78 is 36.5. The van der Waals surface area contributed by atoms with Gasteiger partial charge in [0.1, 0.15) is 11.2 Å². The highest BCUT2D eigenvalue weighted by Gasteiger charge is 2.33. The maximum absolute atomic E-state index is 12.2. The maximum atomic E-state index is 12.2. The minimum atomic E-state index is -4.59. The van der Waals surface area contributed by atoms with Crippen molar-refractivity contribution >= 4 is 46.6 Å². The zero-order chi connectivity index (χ0) is 12.5. The number of nitriles is 1. The van der Waals surface area contributed by atoms with Crippen LogP contribution >= 0.6 is 46.6 Å². The molecule has 0 aliphatic carbocycles. The number of rotatable bonds is 1. The van der Waals surface area contributed by atoms with E-state index in [1.807, 2.05) is 0 Å². The Morgan fingerprint density at radius 1 is 1.19 bits per heavy atom. The van der Waals surface area contributed by atoms with Crippen LogP contribution in [0.2, 0.25) is 15.3 Å². The fraction of sp³-hybridized carbons (Fsp3) is 0.143. The first kappa shape index (κ1) is 13.7. The van der Waals surface area contributed by atoms with Crippen molar-refractivity contribution in [1.29, 1.82) is 5.26 Å². The van der Waals surface area contributed by atoms with Gasteiger partial charge < -0.3 is 0 Å². The van der Waals surface area contributed by atoms with Gasteiger partial charge >= 0.3 is 5.51 Å². The number of thioether (sulfide) groups is 1. The number of aromatic nitrogens is 1. The van der Waals surface area contributed by atoms with E-state index in [0.29, 0.717) is 0 Å². The molecule has 0 atom stereocenters. The number of hydrogen-bond donors (Lipinski definition) is 0. The third kappa shape index (κ3) is 3.08. The predicted molar refractivity (Wildman–Crippen MR) is 55.9 cm³/mol. The first-order valence-corrected chi connectivity index (χ1v) is 5.41. The Balaban J connectivity index is 3.39. The first-order chi connectivity index (χ1) is 7.26. The summed E-state index contributed by atoms with van der Waals surface area (Å²) in [6.07, 6.45) is 0. The molecule has 0 aromatic carbocycles. The van der Waals surface area contributed by atoms with Crippen LogP contribution in [0.1, 0.15) is 5.56 Å². The number of pyridine rings is 1. The highest BCUT2D eigenvalue weighted by molar-refractivity contribution is 8.00. The van der Waals surface area contributed by atoms with Gasteiger partial charge in [0.15, 0.2) is 5.15 Å². The SMILES string of the molecule is N#Cc1c(Cl)c(Cl)nc(Cl)c1SC(F)(F)F. The molecular formula is C7Cl3F3N2S. The summed E-state index contributed by atoms with van der Waals surface area (Å²) in [5.41, 5.74) is -5.03. The Hall–Kier alpha value is -0.350. The molecule has 0 unspecified atom stereocenters. The second kappa shape index (κ2) is 4.88. The topological polar surface area (TPSA) is 36.7 Å². The van der Waals surface area contributed by atoms with Gasteiger partial charge in [0.05, 0.1) is 15.5 Å². The van der Waals surface area contributed by atoms with Gasteiger partial charge in [0.25, 0.3) is 0 Å². The molecule has 0 fully saturated rings. The van der Waals surface area contributed by atoms with Crippen molar-refractivity contribution in [3.8, 4) is 6.07 Å². The quantitative estimate of drug-likeness (QED) is 0.565. The van der Waals surface area contributed by atoms with E-state index < -0.39 is 32.9 Å². The second-order valence-corrected chi connectivity index (χ2v) is 4.54. The molecule has 0 saturated carbocycles. The second-order valence-electron chi connectivity index (χ2n) is 2.37. The number of alkyl halides is 3. The summed E-state index contributed by atoms with van der Waals surface area (Å²) in [5, 5.41) is 7.52. The summed E-state index contributed by atoms with van der Waals surface area (Å²) in [4.78, 5) is 2.84. The van der Waals surface area contributed by atoms with E-state index in [9.17, 15) is 13.2 Å². The third-order valence-electron chi connectivity index (χ3n) is 1.34. The lowest BCUT2D eigenvalue weighted by molar-refractivity contribution is -0.0328. The summed E-state index contributed by atoms with van der Waals surface area (Å²) in [5.74, 6) is 0. The fourth-order valence-electron chi connectivity index (χ4n) is 0.801. The molecule has 0 spiro atoms. The lowest BCUT2D eigenvalue weighted by atomic mass is 10.3. The summed E-state index contributed by atoms with van der Waals surface area (Å²) in [6.45, 7) is 0. The monoisotopic (exact) mass is 306 g/mol. The van der Waals surface area contributed by atoms with Crippen LogP contribution in [0.5, 0.6) is 0 Å². The van der Waals surface area contributed by atoms with E-state index in [2.05, 4.69) is 4.98 Å². The van der Waals surface area contributed by atoms with Crippen LogP contribution in [0.15, 0.2) is 4.90 Å². The predicted octanol–water partition coefficient (Wildman–Crippen LogP) is 4.53. The number of nitrogens with zero attached hydrogens (tertiary/aromatic N) is 2. The van der Waals surface area contributed by atoms with Gasteiger partial charge in [-0.05, 0) is 11.8 Å². The third-order valence-corrected chi connectivity index (χ3v) is 3.30. The minimum absolute atomic E-state index is 0.310. The Labute approximate surface area is 107 Å². The Morgan fingerprint density at radius 2 is 1.75 bits per heavy atom. The molecule has 1 aromatic rings. The smallest absolute Gasteiger partial charge is 0.222 e. The van der Waals surface area contributed by atoms with Crippen LogP contribution in [0.25, 0.3) is 0 Å². The van der Waals surface area contributed by atoms with Crippen molar-refractivity contribution in [3.63, 3.8) is 0 Å². The van der Waals surface area contributed by atoms with E-state index in [1.165, 1.54) is 6.07 Å².